The largest absolute Gasteiger partial charge is 0.457 e. The lowest BCUT2D eigenvalue weighted by atomic mass is 9.97. The van der Waals surface area contributed by atoms with E-state index >= 15 is 0 Å². The van der Waals surface area contributed by atoms with Gasteiger partial charge >= 0.3 is 5.97 Å². The Bertz CT molecular complexity index is 1090. The number of rotatable bonds is 8. The standard InChI is InChI=1S/C26H30N4O3/c1-18-16-30(19(2)28-18)23(14-20-8-6-7-9-20)25(31)29-24-13-12-22(15-27-24)26(32)33-17-21-10-4-3-5-11-21/h3-5,10-13,15-16,20,23H,6-9,14,17H2,1-2H3,(H,27,29,31)/t23-/m1/s1. The molecule has 1 aliphatic carbocycles. The predicted octanol–water partition coefficient (Wildman–Crippen LogP) is 5.01. The first-order chi connectivity index (χ1) is 16.0. The summed E-state index contributed by atoms with van der Waals surface area (Å²) in [4.78, 5) is 34.3. The van der Waals surface area contributed by atoms with Crippen molar-refractivity contribution in [3.05, 3.63) is 77.5 Å². The monoisotopic (exact) mass is 446 g/mol. The Morgan fingerprint density at radius 2 is 1.88 bits per heavy atom. The molecule has 1 aromatic carbocycles. The molecule has 0 radical (unpaired) electrons. The Morgan fingerprint density at radius 3 is 2.52 bits per heavy atom. The molecule has 7 heteroatoms. The minimum atomic E-state index is -0.451. The summed E-state index contributed by atoms with van der Waals surface area (Å²) in [6, 6.07) is 12.4. The molecule has 33 heavy (non-hydrogen) atoms. The van der Waals surface area contributed by atoms with E-state index in [1.165, 1.54) is 19.0 Å². The molecule has 0 saturated heterocycles. The number of imidazole rings is 1. The molecule has 7 nitrogen and oxygen atoms in total. The second-order valence-corrected chi connectivity index (χ2v) is 8.72. The van der Waals surface area contributed by atoms with Crippen molar-refractivity contribution in [1.82, 2.24) is 14.5 Å². The van der Waals surface area contributed by atoms with Gasteiger partial charge in [-0.25, -0.2) is 14.8 Å². The lowest BCUT2D eigenvalue weighted by Crippen LogP contribution is -2.28. The highest BCUT2D eigenvalue weighted by molar-refractivity contribution is 5.94. The molecule has 3 aromatic rings. The molecular weight excluding hydrogens is 416 g/mol. The zero-order chi connectivity index (χ0) is 23.2. The van der Waals surface area contributed by atoms with Crippen molar-refractivity contribution in [2.24, 2.45) is 5.92 Å². The van der Waals surface area contributed by atoms with Crippen LogP contribution in [0.3, 0.4) is 0 Å². The van der Waals surface area contributed by atoms with Crippen molar-refractivity contribution in [1.29, 1.82) is 0 Å². The molecule has 2 aromatic heterocycles. The third kappa shape index (κ3) is 5.86. The maximum atomic E-state index is 13.2. The molecule has 0 unspecified atom stereocenters. The van der Waals surface area contributed by atoms with Crippen molar-refractivity contribution < 1.29 is 14.3 Å². The lowest BCUT2D eigenvalue weighted by Gasteiger charge is -2.22. The van der Waals surface area contributed by atoms with E-state index in [1.807, 2.05) is 54.9 Å². The number of anilines is 1. The molecule has 1 amide bonds. The molecule has 0 aliphatic heterocycles. The molecule has 1 saturated carbocycles. The van der Waals surface area contributed by atoms with E-state index < -0.39 is 5.97 Å². The van der Waals surface area contributed by atoms with Crippen LogP contribution in [-0.4, -0.2) is 26.4 Å². The molecule has 2 heterocycles. The Morgan fingerprint density at radius 1 is 1.12 bits per heavy atom. The first kappa shape index (κ1) is 22.7. The first-order valence-electron chi connectivity index (χ1n) is 11.5. The van der Waals surface area contributed by atoms with Crippen molar-refractivity contribution in [3.63, 3.8) is 0 Å². The average Bonchev–Trinajstić information content (AvgIpc) is 3.45. The van der Waals surface area contributed by atoms with Gasteiger partial charge in [0.05, 0.1) is 11.3 Å². The van der Waals surface area contributed by atoms with Crippen LogP contribution in [0.5, 0.6) is 0 Å². The van der Waals surface area contributed by atoms with Crippen LogP contribution >= 0.6 is 0 Å². The van der Waals surface area contributed by atoms with Gasteiger partial charge in [0.1, 0.15) is 24.3 Å². The summed E-state index contributed by atoms with van der Waals surface area (Å²) in [5.41, 5.74) is 2.15. The van der Waals surface area contributed by atoms with E-state index in [4.69, 9.17) is 4.74 Å². The number of hydrogen-bond acceptors (Lipinski definition) is 5. The van der Waals surface area contributed by atoms with Crippen molar-refractivity contribution in [2.45, 2.75) is 58.6 Å². The Hall–Kier alpha value is -3.48. The summed E-state index contributed by atoms with van der Waals surface area (Å²) in [5, 5.41) is 2.92. The van der Waals surface area contributed by atoms with Crippen molar-refractivity contribution in [2.75, 3.05) is 5.32 Å². The van der Waals surface area contributed by atoms with Gasteiger partial charge in [-0.1, -0.05) is 56.0 Å². The Balaban J connectivity index is 1.41. The highest BCUT2D eigenvalue weighted by atomic mass is 16.5. The van der Waals surface area contributed by atoms with Crippen LogP contribution in [0.1, 0.15) is 65.6 Å². The third-order valence-corrected chi connectivity index (χ3v) is 6.17. The molecule has 4 rings (SSSR count). The van der Waals surface area contributed by atoms with Gasteiger partial charge in [0.2, 0.25) is 5.91 Å². The fourth-order valence-electron chi connectivity index (χ4n) is 4.47. The van der Waals surface area contributed by atoms with E-state index in [-0.39, 0.29) is 18.6 Å². The van der Waals surface area contributed by atoms with Crippen LogP contribution in [0.15, 0.2) is 54.9 Å². The number of ether oxygens (including phenoxy) is 1. The summed E-state index contributed by atoms with van der Waals surface area (Å²) in [7, 11) is 0. The second kappa shape index (κ2) is 10.4. The number of nitrogens with one attached hydrogen (secondary N) is 1. The minimum Gasteiger partial charge on any atom is -0.457 e. The number of nitrogens with zero attached hydrogens (tertiary/aromatic N) is 3. The van der Waals surface area contributed by atoms with Gasteiger partial charge in [0.15, 0.2) is 0 Å². The number of aryl methyl sites for hydroxylation is 2. The quantitative estimate of drug-likeness (QED) is 0.492. The van der Waals surface area contributed by atoms with E-state index in [0.29, 0.717) is 17.3 Å². The molecule has 1 atom stereocenters. The number of esters is 1. The normalized spacial score (nSPS) is 14.7. The average molecular weight is 447 g/mol. The highest BCUT2D eigenvalue weighted by Crippen LogP contribution is 2.33. The van der Waals surface area contributed by atoms with Gasteiger partial charge < -0.3 is 14.6 Å². The zero-order valence-electron chi connectivity index (χ0n) is 19.2. The number of pyridine rings is 1. The summed E-state index contributed by atoms with van der Waals surface area (Å²) in [6.45, 7) is 4.06. The fourth-order valence-corrected chi connectivity index (χ4v) is 4.47. The lowest BCUT2D eigenvalue weighted by molar-refractivity contribution is -0.119. The van der Waals surface area contributed by atoms with Gasteiger partial charge in [0, 0.05) is 12.4 Å². The molecule has 1 fully saturated rings. The SMILES string of the molecule is Cc1cn([C@H](CC2CCCC2)C(=O)Nc2ccc(C(=O)OCc3ccccc3)cn2)c(C)n1. The van der Waals surface area contributed by atoms with Crippen LogP contribution < -0.4 is 5.32 Å². The molecule has 1 aliphatic rings. The predicted molar refractivity (Wildman–Crippen MR) is 126 cm³/mol. The van der Waals surface area contributed by atoms with Gasteiger partial charge in [-0.2, -0.15) is 0 Å². The van der Waals surface area contributed by atoms with Gasteiger partial charge in [-0.05, 0) is 43.9 Å². The molecule has 172 valence electrons. The number of benzene rings is 1. The van der Waals surface area contributed by atoms with Crippen LogP contribution in [0.25, 0.3) is 0 Å². The minimum absolute atomic E-state index is 0.116. The number of amides is 1. The van der Waals surface area contributed by atoms with Crippen molar-refractivity contribution in [3.8, 4) is 0 Å². The molecule has 0 spiro atoms. The van der Waals surface area contributed by atoms with Crippen molar-refractivity contribution >= 4 is 17.7 Å². The molecule has 1 N–H and O–H groups in total. The topological polar surface area (TPSA) is 86.1 Å². The van der Waals surface area contributed by atoms with Crippen LogP contribution in [0, 0.1) is 19.8 Å². The second-order valence-electron chi connectivity index (χ2n) is 8.72. The molecule has 0 bridgehead atoms. The summed E-state index contributed by atoms with van der Waals surface area (Å²) >= 11 is 0. The Labute approximate surface area is 194 Å². The van der Waals surface area contributed by atoms with E-state index in [0.717, 1.165) is 36.3 Å². The van der Waals surface area contributed by atoms with E-state index in [2.05, 4.69) is 15.3 Å². The Kier molecular flexibility index (Phi) is 7.17. The third-order valence-electron chi connectivity index (χ3n) is 6.17. The zero-order valence-corrected chi connectivity index (χ0v) is 19.2. The van der Waals surface area contributed by atoms with E-state index in [9.17, 15) is 9.59 Å². The number of carbonyl (C=O) groups excluding carboxylic acids is 2. The van der Waals surface area contributed by atoms with E-state index in [1.54, 1.807) is 12.1 Å². The van der Waals surface area contributed by atoms with Crippen LogP contribution in [0.2, 0.25) is 0 Å². The van der Waals surface area contributed by atoms with Gasteiger partial charge in [0.25, 0.3) is 0 Å². The van der Waals surface area contributed by atoms with Gasteiger partial charge in [-0.3, -0.25) is 4.79 Å². The molecular formula is C26H30N4O3. The van der Waals surface area contributed by atoms with Crippen LogP contribution in [0.4, 0.5) is 5.82 Å². The summed E-state index contributed by atoms with van der Waals surface area (Å²) < 4.78 is 7.31. The number of aromatic nitrogens is 3. The highest BCUT2D eigenvalue weighted by Gasteiger charge is 2.28. The number of hydrogen-bond donors (Lipinski definition) is 1. The maximum Gasteiger partial charge on any atom is 0.340 e. The fraction of sp³-hybridized carbons (Fsp3) is 0.385. The summed E-state index contributed by atoms with van der Waals surface area (Å²) in [6.07, 6.45) is 8.93. The summed E-state index contributed by atoms with van der Waals surface area (Å²) in [5.74, 6) is 1.21. The number of carbonyl (C=O) groups is 2. The maximum absolute atomic E-state index is 13.2. The first-order valence-corrected chi connectivity index (χ1v) is 11.5. The van der Waals surface area contributed by atoms with Crippen LogP contribution in [-0.2, 0) is 16.1 Å². The van der Waals surface area contributed by atoms with Gasteiger partial charge in [-0.15, -0.1) is 0 Å². The smallest absolute Gasteiger partial charge is 0.340 e.